The summed E-state index contributed by atoms with van der Waals surface area (Å²) in [5.41, 5.74) is 0.684. The molecule has 2 unspecified atom stereocenters. The normalized spacial score (nSPS) is 19.0. The number of aryl methyl sites for hydroxylation is 1. The van der Waals surface area contributed by atoms with Crippen LogP contribution in [-0.2, 0) is 11.8 Å². The third kappa shape index (κ3) is 4.15. The molecule has 1 aromatic heterocycles. The molecule has 1 aromatic carbocycles. The van der Waals surface area contributed by atoms with Crippen LogP contribution in [0.25, 0.3) is 0 Å². The Morgan fingerprint density at radius 1 is 1.58 bits per heavy atom. The minimum atomic E-state index is -0.468. The SMILES string of the molecule is Cn1ccnc1C(NC(=O)CC1CSCCN1)c1cccc(F)c1. The predicted molar refractivity (Wildman–Crippen MR) is 93.3 cm³/mol. The predicted octanol–water partition coefficient (Wildman–Crippen LogP) is 1.86. The standard InChI is InChI=1S/C17H21FN4OS/c1-22-7-5-20-17(22)16(12-3-2-4-13(18)9-12)21-15(23)10-14-11-24-8-6-19-14/h2-5,7,9,14,16,19H,6,8,10-11H2,1H3,(H,21,23). The Kier molecular flexibility index (Phi) is 5.52. The molecule has 1 aliphatic rings. The van der Waals surface area contributed by atoms with E-state index < -0.39 is 6.04 Å². The van der Waals surface area contributed by atoms with Crippen molar-refractivity contribution in [2.24, 2.45) is 7.05 Å². The van der Waals surface area contributed by atoms with Crippen molar-refractivity contribution >= 4 is 17.7 Å². The molecular formula is C17H21FN4OS. The van der Waals surface area contributed by atoms with Gasteiger partial charge in [0.05, 0.1) is 0 Å². The Bertz CT molecular complexity index is 699. The van der Waals surface area contributed by atoms with Gasteiger partial charge in [-0.15, -0.1) is 0 Å². The molecule has 128 valence electrons. The molecule has 2 aromatic rings. The summed E-state index contributed by atoms with van der Waals surface area (Å²) < 4.78 is 15.5. The number of carbonyl (C=O) groups excluding carboxylic acids is 1. The van der Waals surface area contributed by atoms with Crippen LogP contribution < -0.4 is 10.6 Å². The van der Waals surface area contributed by atoms with Crippen molar-refractivity contribution in [3.05, 3.63) is 53.9 Å². The van der Waals surface area contributed by atoms with Crippen molar-refractivity contribution in [2.45, 2.75) is 18.5 Å². The Hall–Kier alpha value is -1.86. The fraction of sp³-hybridized carbons (Fsp3) is 0.412. The number of halogens is 1. The van der Waals surface area contributed by atoms with E-state index in [1.54, 1.807) is 18.3 Å². The maximum atomic E-state index is 13.6. The lowest BCUT2D eigenvalue weighted by atomic mass is 10.1. The smallest absolute Gasteiger partial charge is 0.222 e. The first-order chi connectivity index (χ1) is 11.6. The summed E-state index contributed by atoms with van der Waals surface area (Å²) in [6.07, 6.45) is 3.89. The number of imidazole rings is 1. The second kappa shape index (κ2) is 7.81. The molecule has 1 amide bonds. The number of carbonyl (C=O) groups is 1. The molecule has 3 rings (SSSR count). The topological polar surface area (TPSA) is 59.0 Å². The van der Waals surface area contributed by atoms with E-state index in [2.05, 4.69) is 15.6 Å². The molecule has 24 heavy (non-hydrogen) atoms. The summed E-state index contributed by atoms with van der Waals surface area (Å²) in [5, 5.41) is 6.37. The van der Waals surface area contributed by atoms with Gasteiger partial charge in [0, 0.05) is 50.0 Å². The van der Waals surface area contributed by atoms with E-state index in [4.69, 9.17) is 0 Å². The van der Waals surface area contributed by atoms with Crippen LogP contribution in [0.3, 0.4) is 0 Å². The quantitative estimate of drug-likeness (QED) is 0.866. The van der Waals surface area contributed by atoms with Crippen LogP contribution in [0.5, 0.6) is 0 Å². The van der Waals surface area contributed by atoms with Gasteiger partial charge < -0.3 is 15.2 Å². The first-order valence-corrected chi connectivity index (χ1v) is 9.12. The first-order valence-electron chi connectivity index (χ1n) is 7.96. The van der Waals surface area contributed by atoms with Crippen molar-refractivity contribution in [3.63, 3.8) is 0 Å². The van der Waals surface area contributed by atoms with E-state index in [1.807, 2.05) is 29.6 Å². The summed E-state index contributed by atoms with van der Waals surface area (Å²) in [4.78, 5) is 16.8. The highest BCUT2D eigenvalue weighted by Gasteiger charge is 2.23. The van der Waals surface area contributed by atoms with Gasteiger partial charge in [0.25, 0.3) is 0 Å². The van der Waals surface area contributed by atoms with Crippen LogP contribution in [0.4, 0.5) is 4.39 Å². The van der Waals surface area contributed by atoms with E-state index in [0.717, 1.165) is 18.1 Å². The molecule has 2 atom stereocenters. The van der Waals surface area contributed by atoms with Gasteiger partial charge >= 0.3 is 0 Å². The van der Waals surface area contributed by atoms with Gasteiger partial charge in [-0.25, -0.2) is 9.37 Å². The molecule has 5 nitrogen and oxygen atoms in total. The van der Waals surface area contributed by atoms with Crippen LogP contribution in [-0.4, -0.2) is 39.6 Å². The van der Waals surface area contributed by atoms with Gasteiger partial charge in [-0.1, -0.05) is 12.1 Å². The lowest BCUT2D eigenvalue weighted by molar-refractivity contribution is -0.122. The second-order valence-electron chi connectivity index (χ2n) is 5.88. The highest BCUT2D eigenvalue weighted by Crippen LogP contribution is 2.21. The lowest BCUT2D eigenvalue weighted by Crippen LogP contribution is -2.42. The van der Waals surface area contributed by atoms with Gasteiger partial charge in [0.15, 0.2) is 0 Å². The molecule has 1 saturated heterocycles. The van der Waals surface area contributed by atoms with E-state index >= 15 is 0 Å². The average Bonchev–Trinajstić information content (AvgIpc) is 2.99. The Morgan fingerprint density at radius 3 is 3.12 bits per heavy atom. The number of amides is 1. The zero-order valence-electron chi connectivity index (χ0n) is 13.5. The number of hydrogen-bond donors (Lipinski definition) is 2. The summed E-state index contributed by atoms with van der Waals surface area (Å²) >= 11 is 1.85. The zero-order valence-corrected chi connectivity index (χ0v) is 14.4. The second-order valence-corrected chi connectivity index (χ2v) is 7.03. The molecule has 2 heterocycles. The lowest BCUT2D eigenvalue weighted by Gasteiger charge is -2.24. The molecule has 1 aliphatic heterocycles. The van der Waals surface area contributed by atoms with Crippen molar-refractivity contribution in [1.29, 1.82) is 0 Å². The van der Waals surface area contributed by atoms with E-state index in [-0.39, 0.29) is 17.8 Å². The molecule has 0 bridgehead atoms. The van der Waals surface area contributed by atoms with Crippen molar-refractivity contribution in [1.82, 2.24) is 20.2 Å². The summed E-state index contributed by atoms with van der Waals surface area (Å²) in [6.45, 7) is 0.926. The number of aromatic nitrogens is 2. The molecule has 0 radical (unpaired) electrons. The van der Waals surface area contributed by atoms with Crippen LogP contribution in [0.1, 0.15) is 23.9 Å². The minimum Gasteiger partial charge on any atom is -0.342 e. The Balaban J connectivity index is 1.77. The fourth-order valence-corrected chi connectivity index (χ4v) is 3.78. The van der Waals surface area contributed by atoms with Crippen molar-refractivity contribution < 1.29 is 9.18 Å². The number of benzene rings is 1. The maximum absolute atomic E-state index is 13.6. The average molecular weight is 348 g/mol. The van der Waals surface area contributed by atoms with Gasteiger partial charge in [-0.05, 0) is 17.7 Å². The number of nitrogens with one attached hydrogen (secondary N) is 2. The van der Waals surface area contributed by atoms with Gasteiger partial charge in [0.2, 0.25) is 5.91 Å². The summed E-state index contributed by atoms with van der Waals surface area (Å²) in [6, 6.07) is 5.99. The van der Waals surface area contributed by atoms with Gasteiger partial charge in [-0.2, -0.15) is 11.8 Å². The van der Waals surface area contributed by atoms with Crippen LogP contribution in [0, 0.1) is 5.82 Å². The first kappa shape index (κ1) is 17.0. The Labute approximate surface area is 145 Å². The van der Waals surface area contributed by atoms with Crippen molar-refractivity contribution in [3.8, 4) is 0 Å². The third-order valence-corrected chi connectivity index (χ3v) is 5.17. The number of thioether (sulfide) groups is 1. The molecule has 0 saturated carbocycles. The largest absolute Gasteiger partial charge is 0.342 e. The van der Waals surface area contributed by atoms with Gasteiger partial charge in [0.1, 0.15) is 17.7 Å². The molecule has 2 N–H and O–H groups in total. The van der Waals surface area contributed by atoms with Crippen LogP contribution in [0.2, 0.25) is 0 Å². The number of hydrogen-bond acceptors (Lipinski definition) is 4. The third-order valence-electron chi connectivity index (χ3n) is 4.03. The maximum Gasteiger partial charge on any atom is 0.222 e. The van der Waals surface area contributed by atoms with E-state index in [0.29, 0.717) is 17.8 Å². The van der Waals surface area contributed by atoms with E-state index in [9.17, 15) is 9.18 Å². The van der Waals surface area contributed by atoms with Gasteiger partial charge in [-0.3, -0.25) is 4.79 Å². The zero-order chi connectivity index (χ0) is 16.9. The van der Waals surface area contributed by atoms with Crippen molar-refractivity contribution in [2.75, 3.05) is 18.1 Å². The monoisotopic (exact) mass is 348 g/mol. The number of nitrogens with zero attached hydrogens (tertiary/aromatic N) is 2. The van der Waals surface area contributed by atoms with Crippen LogP contribution in [0.15, 0.2) is 36.7 Å². The number of rotatable bonds is 5. The highest BCUT2D eigenvalue weighted by atomic mass is 32.2. The Morgan fingerprint density at radius 2 is 2.46 bits per heavy atom. The summed E-state index contributed by atoms with van der Waals surface area (Å²) in [7, 11) is 1.86. The molecule has 0 spiro atoms. The van der Waals surface area contributed by atoms with E-state index in [1.165, 1.54) is 12.1 Å². The molecule has 1 fully saturated rings. The highest BCUT2D eigenvalue weighted by molar-refractivity contribution is 7.99. The summed E-state index contributed by atoms with van der Waals surface area (Å²) in [5.74, 6) is 2.30. The molecular weight excluding hydrogens is 327 g/mol. The molecule has 0 aliphatic carbocycles. The van der Waals surface area contributed by atoms with Crippen LogP contribution >= 0.6 is 11.8 Å². The minimum absolute atomic E-state index is 0.0627. The molecule has 7 heteroatoms. The fourth-order valence-electron chi connectivity index (χ4n) is 2.83.